The van der Waals surface area contributed by atoms with E-state index in [0.29, 0.717) is 28.6 Å². The lowest BCUT2D eigenvalue weighted by Crippen LogP contribution is -2.28. The monoisotopic (exact) mass is 458 g/mol. The standard InChI is InChI=1S/C23H23ClN2O6/c1-2-11-31-22(29)15-7-9-17(10-8-15)26-13-16(12-21(26)28)23(30)32-14-20(27)25-19-6-4-3-5-18(19)24/h3-10,16H,2,11-14H2,1H3,(H,25,27). The van der Waals surface area contributed by atoms with Gasteiger partial charge in [-0.15, -0.1) is 0 Å². The van der Waals surface area contributed by atoms with Gasteiger partial charge < -0.3 is 19.7 Å². The Labute approximate surface area is 190 Å². The van der Waals surface area contributed by atoms with E-state index in [-0.39, 0.29) is 18.9 Å². The molecule has 2 aromatic carbocycles. The van der Waals surface area contributed by atoms with Gasteiger partial charge in [-0.25, -0.2) is 4.79 Å². The molecule has 0 spiro atoms. The number of ether oxygens (including phenoxy) is 2. The Balaban J connectivity index is 1.52. The lowest BCUT2D eigenvalue weighted by Gasteiger charge is -2.17. The topological polar surface area (TPSA) is 102 Å². The molecular formula is C23H23ClN2O6. The van der Waals surface area contributed by atoms with E-state index in [1.807, 2.05) is 6.92 Å². The van der Waals surface area contributed by atoms with Crippen LogP contribution >= 0.6 is 11.6 Å². The second-order valence-electron chi connectivity index (χ2n) is 7.22. The zero-order valence-electron chi connectivity index (χ0n) is 17.5. The first kappa shape index (κ1) is 23.3. The van der Waals surface area contributed by atoms with Crippen molar-refractivity contribution in [3.8, 4) is 0 Å². The van der Waals surface area contributed by atoms with Crippen LogP contribution in [0.4, 0.5) is 11.4 Å². The van der Waals surface area contributed by atoms with Crippen molar-refractivity contribution in [2.24, 2.45) is 5.92 Å². The predicted molar refractivity (Wildman–Crippen MR) is 119 cm³/mol. The van der Waals surface area contributed by atoms with Gasteiger partial charge in [-0.1, -0.05) is 30.7 Å². The van der Waals surface area contributed by atoms with Crippen molar-refractivity contribution in [2.45, 2.75) is 19.8 Å². The number of anilines is 2. The molecule has 1 heterocycles. The molecule has 0 radical (unpaired) electrons. The van der Waals surface area contributed by atoms with Gasteiger partial charge in [0.1, 0.15) is 0 Å². The van der Waals surface area contributed by atoms with Crippen LogP contribution in [-0.2, 0) is 23.9 Å². The van der Waals surface area contributed by atoms with Gasteiger partial charge in [0.05, 0.1) is 28.8 Å². The van der Waals surface area contributed by atoms with Gasteiger partial charge in [-0.3, -0.25) is 14.4 Å². The highest BCUT2D eigenvalue weighted by atomic mass is 35.5. The molecule has 168 valence electrons. The smallest absolute Gasteiger partial charge is 0.338 e. The highest BCUT2D eigenvalue weighted by Gasteiger charge is 2.36. The van der Waals surface area contributed by atoms with Gasteiger partial charge in [-0.2, -0.15) is 0 Å². The zero-order chi connectivity index (χ0) is 23.1. The van der Waals surface area contributed by atoms with E-state index in [9.17, 15) is 19.2 Å². The highest BCUT2D eigenvalue weighted by Crippen LogP contribution is 2.26. The molecule has 2 aromatic rings. The van der Waals surface area contributed by atoms with E-state index in [1.54, 1.807) is 48.5 Å². The van der Waals surface area contributed by atoms with Crippen molar-refractivity contribution in [3.05, 3.63) is 59.1 Å². The number of carbonyl (C=O) groups is 4. The van der Waals surface area contributed by atoms with E-state index >= 15 is 0 Å². The first-order valence-electron chi connectivity index (χ1n) is 10.2. The number of benzene rings is 2. The number of halogens is 1. The van der Waals surface area contributed by atoms with Gasteiger partial charge >= 0.3 is 11.9 Å². The number of hydrogen-bond donors (Lipinski definition) is 1. The molecule has 32 heavy (non-hydrogen) atoms. The maximum Gasteiger partial charge on any atom is 0.338 e. The molecule has 0 saturated carbocycles. The van der Waals surface area contributed by atoms with Gasteiger partial charge in [0, 0.05) is 18.7 Å². The Kier molecular flexibility index (Phi) is 7.83. The molecule has 0 aliphatic carbocycles. The van der Waals surface area contributed by atoms with Gasteiger partial charge in [0.15, 0.2) is 6.61 Å². The van der Waals surface area contributed by atoms with Crippen LogP contribution in [0.5, 0.6) is 0 Å². The van der Waals surface area contributed by atoms with Crippen LogP contribution in [-0.4, -0.2) is 43.5 Å². The quantitative estimate of drug-likeness (QED) is 0.608. The fourth-order valence-corrected chi connectivity index (χ4v) is 3.36. The Morgan fingerprint density at radius 1 is 1.09 bits per heavy atom. The predicted octanol–water partition coefficient (Wildman–Crippen LogP) is 3.44. The normalized spacial score (nSPS) is 15.4. The van der Waals surface area contributed by atoms with Gasteiger partial charge in [0.25, 0.3) is 5.91 Å². The van der Waals surface area contributed by atoms with E-state index in [0.717, 1.165) is 6.42 Å². The fourth-order valence-electron chi connectivity index (χ4n) is 3.17. The number of esters is 2. The van der Waals surface area contributed by atoms with Crippen LogP contribution in [0.3, 0.4) is 0 Å². The van der Waals surface area contributed by atoms with Gasteiger partial charge in [-0.05, 0) is 42.8 Å². The third-order valence-electron chi connectivity index (χ3n) is 4.80. The lowest BCUT2D eigenvalue weighted by atomic mass is 10.1. The first-order valence-corrected chi connectivity index (χ1v) is 10.6. The summed E-state index contributed by atoms with van der Waals surface area (Å²) in [5.74, 6) is -2.52. The Morgan fingerprint density at radius 3 is 2.50 bits per heavy atom. The first-order chi connectivity index (χ1) is 15.4. The molecule has 1 saturated heterocycles. The van der Waals surface area contributed by atoms with E-state index < -0.39 is 30.4 Å². The number of hydrogen-bond acceptors (Lipinski definition) is 6. The lowest BCUT2D eigenvalue weighted by molar-refractivity contribution is -0.151. The molecule has 0 aromatic heterocycles. The van der Waals surface area contributed by atoms with Crippen LogP contribution in [0.15, 0.2) is 48.5 Å². The summed E-state index contributed by atoms with van der Waals surface area (Å²) in [6.07, 6.45) is 0.705. The van der Waals surface area contributed by atoms with E-state index in [4.69, 9.17) is 21.1 Å². The molecular weight excluding hydrogens is 436 g/mol. The summed E-state index contributed by atoms with van der Waals surface area (Å²) in [5, 5.41) is 2.93. The molecule has 1 aliphatic rings. The minimum absolute atomic E-state index is 0.0226. The molecule has 8 nitrogen and oxygen atoms in total. The molecule has 2 amide bonds. The third kappa shape index (κ3) is 5.85. The summed E-state index contributed by atoms with van der Waals surface area (Å²) in [6, 6.07) is 13.1. The van der Waals surface area contributed by atoms with Crippen molar-refractivity contribution in [1.82, 2.24) is 0 Å². The van der Waals surface area contributed by atoms with Crippen molar-refractivity contribution >= 4 is 46.7 Å². The molecule has 1 fully saturated rings. The fraction of sp³-hybridized carbons (Fsp3) is 0.304. The SMILES string of the molecule is CCCOC(=O)c1ccc(N2CC(C(=O)OCC(=O)Nc3ccccc3Cl)CC2=O)cc1. The highest BCUT2D eigenvalue weighted by molar-refractivity contribution is 6.33. The minimum Gasteiger partial charge on any atom is -0.462 e. The molecule has 9 heteroatoms. The van der Waals surface area contributed by atoms with E-state index in [2.05, 4.69) is 5.32 Å². The third-order valence-corrected chi connectivity index (χ3v) is 5.13. The number of nitrogens with one attached hydrogen (secondary N) is 1. The molecule has 1 aliphatic heterocycles. The number of carbonyl (C=O) groups excluding carboxylic acids is 4. The number of nitrogens with zero attached hydrogens (tertiary/aromatic N) is 1. The maximum absolute atomic E-state index is 12.4. The van der Waals surface area contributed by atoms with Crippen LogP contribution in [0, 0.1) is 5.92 Å². The molecule has 0 bridgehead atoms. The molecule has 3 rings (SSSR count). The Bertz CT molecular complexity index is 1010. The Hall–Kier alpha value is -3.39. The second-order valence-corrected chi connectivity index (χ2v) is 7.63. The van der Waals surface area contributed by atoms with Crippen molar-refractivity contribution in [3.63, 3.8) is 0 Å². The summed E-state index contributed by atoms with van der Waals surface area (Å²) in [7, 11) is 0. The van der Waals surface area contributed by atoms with Crippen LogP contribution in [0.25, 0.3) is 0 Å². The molecule has 1 unspecified atom stereocenters. The summed E-state index contributed by atoms with van der Waals surface area (Å²) < 4.78 is 10.2. The van der Waals surface area contributed by atoms with Crippen LogP contribution < -0.4 is 10.2 Å². The van der Waals surface area contributed by atoms with Crippen LogP contribution in [0.2, 0.25) is 5.02 Å². The summed E-state index contributed by atoms with van der Waals surface area (Å²) in [5.41, 5.74) is 1.36. The summed E-state index contributed by atoms with van der Waals surface area (Å²) >= 11 is 5.98. The molecule has 1 N–H and O–H groups in total. The van der Waals surface area contributed by atoms with Crippen molar-refractivity contribution in [2.75, 3.05) is 30.0 Å². The van der Waals surface area contributed by atoms with Crippen molar-refractivity contribution in [1.29, 1.82) is 0 Å². The zero-order valence-corrected chi connectivity index (χ0v) is 18.3. The number of rotatable bonds is 8. The van der Waals surface area contributed by atoms with E-state index in [1.165, 1.54) is 4.90 Å². The number of para-hydroxylation sites is 1. The summed E-state index contributed by atoms with van der Waals surface area (Å²) in [6.45, 7) is 1.89. The minimum atomic E-state index is -0.690. The molecule has 1 atom stereocenters. The second kappa shape index (κ2) is 10.8. The Morgan fingerprint density at radius 2 is 1.81 bits per heavy atom. The van der Waals surface area contributed by atoms with Crippen LogP contribution in [0.1, 0.15) is 30.1 Å². The summed E-state index contributed by atoms with van der Waals surface area (Å²) in [4.78, 5) is 50.1. The van der Waals surface area contributed by atoms with Crippen molar-refractivity contribution < 1.29 is 28.7 Å². The number of amides is 2. The average molecular weight is 459 g/mol. The largest absolute Gasteiger partial charge is 0.462 e. The average Bonchev–Trinajstić information content (AvgIpc) is 3.19. The maximum atomic E-state index is 12.4. The van der Waals surface area contributed by atoms with Gasteiger partial charge in [0.2, 0.25) is 5.91 Å².